The van der Waals surface area contributed by atoms with E-state index in [0.717, 1.165) is 29.8 Å². The molecule has 2 aromatic carbocycles. The third-order valence-electron chi connectivity index (χ3n) is 3.65. The van der Waals surface area contributed by atoms with Gasteiger partial charge >= 0.3 is 5.51 Å². The third-order valence-corrected chi connectivity index (χ3v) is 5.15. The maximum absolute atomic E-state index is 12.5. The minimum absolute atomic E-state index is 0.116. The number of alkyl halides is 3. The van der Waals surface area contributed by atoms with Gasteiger partial charge in [0.1, 0.15) is 12.4 Å². The van der Waals surface area contributed by atoms with Gasteiger partial charge in [-0.05, 0) is 42.3 Å². The maximum Gasteiger partial charge on any atom is 0.501 e. The Morgan fingerprint density at radius 3 is 2.44 bits per heavy atom. The van der Waals surface area contributed by atoms with E-state index in [4.69, 9.17) is 15.2 Å². The molecule has 0 fully saturated rings. The Hall–Kier alpha value is -2.26. The monoisotopic (exact) mass is 373 g/mol. The molecule has 1 aliphatic rings. The fraction of sp³-hybridized carbons (Fsp3) is 0.250. The number of halogens is 3. The molecule has 0 amide bonds. The zero-order chi connectivity index (χ0) is 18.2. The quantitative estimate of drug-likeness (QED) is 0.895. The van der Waals surface area contributed by atoms with Crippen molar-refractivity contribution in [3.63, 3.8) is 0 Å². The second-order valence-electron chi connectivity index (χ2n) is 5.54. The Morgan fingerprint density at radius 1 is 1.12 bits per heavy atom. The number of hydrogen-bond donors (Lipinski definition) is 1. The summed E-state index contributed by atoms with van der Waals surface area (Å²) >= 11 is 0. The molecule has 0 spiro atoms. The fourth-order valence-electron chi connectivity index (χ4n) is 2.45. The van der Waals surface area contributed by atoms with E-state index in [2.05, 4.69) is 0 Å². The lowest BCUT2D eigenvalue weighted by atomic mass is 10.0. The lowest BCUT2D eigenvalue weighted by Gasteiger charge is -2.24. The van der Waals surface area contributed by atoms with E-state index >= 15 is 0 Å². The first-order chi connectivity index (χ1) is 11.7. The van der Waals surface area contributed by atoms with Crippen LogP contribution in [0.4, 0.5) is 13.2 Å². The van der Waals surface area contributed by atoms with Crippen LogP contribution in [0.5, 0.6) is 17.2 Å². The van der Waals surface area contributed by atoms with Crippen molar-refractivity contribution in [2.45, 2.75) is 22.9 Å². The molecule has 0 saturated carbocycles. The first-order valence-corrected chi connectivity index (χ1v) is 8.76. The van der Waals surface area contributed by atoms with Gasteiger partial charge in [0.25, 0.3) is 9.84 Å². The van der Waals surface area contributed by atoms with Gasteiger partial charge in [-0.15, -0.1) is 0 Å². The molecule has 134 valence electrons. The highest BCUT2D eigenvalue weighted by molar-refractivity contribution is 7.92. The highest BCUT2D eigenvalue weighted by Crippen LogP contribution is 2.38. The molecule has 1 atom stereocenters. The minimum atomic E-state index is -5.38. The summed E-state index contributed by atoms with van der Waals surface area (Å²) in [6, 6.07) is 9.15. The van der Waals surface area contributed by atoms with E-state index in [-0.39, 0.29) is 11.8 Å². The SMILES string of the molecule is NC1COc2c(cccc2Oc2ccc(S(=O)(=O)C(F)(F)F)cc2)C1. The number of nitrogens with two attached hydrogens (primary N) is 1. The van der Waals surface area contributed by atoms with Gasteiger partial charge in [0.15, 0.2) is 11.5 Å². The Balaban J connectivity index is 1.85. The van der Waals surface area contributed by atoms with Gasteiger partial charge in [-0.25, -0.2) is 8.42 Å². The molecule has 0 aliphatic carbocycles. The lowest BCUT2D eigenvalue weighted by Crippen LogP contribution is -2.33. The maximum atomic E-state index is 12.5. The van der Waals surface area contributed by atoms with E-state index in [0.29, 0.717) is 24.5 Å². The molecule has 0 saturated heterocycles. The molecule has 1 unspecified atom stereocenters. The van der Waals surface area contributed by atoms with E-state index in [9.17, 15) is 21.6 Å². The zero-order valence-corrected chi connectivity index (χ0v) is 13.6. The Morgan fingerprint density at radius 2 is 1.80 bits per heavy atom. The summed E-state index contributed by atoms with van der Waals surface area (Å²) in [5.74, 6) is 1.10. The smallest absolute Gasteiger partial charge is 0.488 e. The molecule has 0 aromatic heterocycles. The van der Waals surface area contributed by atoms with Crippen molar-refractivity contribution in [1.82, 2.24) is 0 Å². The molecule has 2 aromatic rings. The number of fused-ring (bicyclic) bond motifs is 1. The molecule has 3 rings (SSSR count). The van der Waals surface area contributed by atoms with Crippen molar-refractivity contribution in [2.24, 2.45) is 5.73 Å². The van der Waals surface area contributed by atoms with Gasteiger partial charge in [0.2, 0.25) is 0 Å². The lowest BCUT2D eigenvalue weighted by molar-refractivity contribution is -0.0436. The van der Waals surface area contributed by atoms with E-state index in [1.807, 2.05) is 6.07 Å². The summed E-state index contributed by atoms with van der Waals surface area (Å²) in [5, 5.41) is 0. The summed E-state index contributed by atoms with van der Waals surface area (Å²) in [6.07, 6.45) is 0.620. The van der Waals surface area contributed by atoms with Crippen LogP contribution >= 0.6 is 0 Å². The van der Waals surface area contributed by atoms with Crippen LogP contribution in [0.25, 0.3) is 0 Å². The van der Waals surface area contributed by atoms with Crippen molar-refractivity contribution in [3.8, 4) is 17.2 Å². The average Bonchev–Trinajstić information content (AvgIpc) is 2.54. The van der Waals surface area contributed by atoms with Crippen LogP contribution in [0.15, 0.2) is 47.4 Å². The predicted octanol–water partition coefficient (Wildman–Crippen LogP) is 3.03. The predicted molar refractivity (Wildman–Crippen MR) is 83.4 cm³/mol. The van der Waals surface area contributed by atoms with E-state index < -0.39 is 20.2 Å². The van der Waals surface area contributed by atoms with Gasteiger partial charge in [0, 0.05) is 6.04 Å². The largest absolute Gasteiger partial charge is 0.501 e. The van der Waals surface area contributed by atoms with Crippen molar-refractivity contribution in [2.75, 3.05) is 6.61 Å². The first-order valence-electron chi connectivity index (χ1n) is 7.28. The Labute approximate surface area is 142 Å². The number of hydrogen-bond acceptors (Lipinski definition) is 5. The first kappa shape index (κ1) is 17.6. The molecule has 1 heterocycles. The van der Waals surface area contributed by atoms with Gasteiger partial charge in [-0.2, -0.15) is 13.2 Å². The van der Waals surface area contributed by atoms with Gasteiger partial charge in [-0.1, -0.05) is 12.1 Å². The number of rotatable bonds is 3. The molecule has 9 heteroatoms. The number of ether oxygens (including phenoxy) is 2. The minimum Gasteiger partial charge on any atom is -0.488 e. The van der Waals surface area contributed by atoms with Crippen LogP contribution < -0.4 is 15.2 Å². The summed E-state index contributed by atoms with van der Waals surface area (Å²) in [7, 11) is -5.38. The van der Waals surface area contributed by atoms with Gasteiger partial charge in [0.05, 0.1) is 4.90 Å². The van der Waals surface area contributed by atoms with Crippen molar-refractivity contribution in [3.05, 3.63) is 48.0 Å². The molecular formula is C16H14F3NO4S. The van der Waals surface area contributed by atoms with Crippen LogP contribution in [0, 0.1) is 0 Å². The van der Waals surface area contributed by atoms with E-state index in [1.54, 1.807) is 12.1 Å². The van der Waals surface area contributed by atoms with Crippen LogP contribution in [0.1, 0.15) is 5.56 Å². The third kappa shape index (κ3) is 3.42. The van der Waals surface area contributed by atoms with E-state index in [1.165, 1.54) is 0 Å². The summed E-state index contributed by atoms with van der Waals surface area (Å²) in [5.41, 5.74) is 1.35. The standard InChI is InChI=1S/C16H14F3NO4S/c17-16(18,19)25(21,22)13-6-4-12(5-7-13)24-14-3-1-2-10-8-11(20)9-23-15(10)14/h1-7,11H,8-9,20H2. The van der Waals surface area contributed by atoms with Crippen LogP contribution in [0.3, 0.4) is 0 Å². The number of para-hydroxylation sites is 1. The van der Waals surface area contributed by atoms with Gasteiger partial charge < -0.3 is 15.2 Å². The Kier molecular flexibility index (Phi) is 4.38. The van der Waals surface area contributed by atoms with Crippen LogP contribution in [0.2, 0.25) is 0 Å². The number of sulfone groups is 1. The average molecular weight is 373 g/mol. The highest BCUT2D eigenvalue weighted by Gasteiger charge is 2.46. The second kappa shape index (κ2) is 6.23. The van der Waals surface area contributed by atoms with Crippen molar-refractivity contribution < 1.29 is 31.1 Å². The topological polar surface area (TPSA) is 78.6 Å². The molecule has 1 aliphatic heterocycles. The molecule has 25 heavy (non-hydrogen) atoms. The summed E-state index contributed by atoms with van der Waals surface area (Å²) in [6.45, 7) is 0.330. The van der Waals surface area contributed by atoms with Crippen molar-refractivity contribution in [1.29, 1.82) is 0 Å². The molecular weight excluding hydrogens is 359 g/mol. The van der Waals surface area contributed by atoms with Crippen molar-refractivity contribution >= 4 is 9.84 Å². The van der Waals surface area contributed by atoms with Crippen LogP contribution in [-0.2, 0) is 16.3 Å². The molecule has 0 bridgehead atoms. The zero-order valence-electron chi connectivity index (χ0n) is 12.8. The fourth-order valence-corrected chi connectivity index (χ4v) is 3.21. The molecule has 0 radical (unpaired) electrons. The summed E-state index contributed by atoms with van der Waals surface area (Å²) in [4.78, 5) is -0.843. The van der Waals surface area contributed by atoms with Gasteiger partial charge in [-0.3, -0.25) is 0 Å². The molecule has 5 nitrogen and oxygen atoms in total. The number of benzene rings is 2. The normalized spacial score (nSPS) is 17.5. The highest BCUT2D eigenvalue weighted by atomic mass is 32.2. The Bertz CT molecular complexity index is 879. The molecule has 2 N–H and O–H groups in total. The second-order valence-corrected chi connectivity index (χ2v) is 7.48. The summed E-state index contributed by atoms with van der Waals surface area (Å²) < 4.78 is 71.5. The van der Waals surface area contributed by atoms with Crippen LogP contribution in [-0.4, -0.2) is 26.6 Å².